The highest BCUT2D eigenvalue weighted by Gasteiger charge is 2.16. The molecule has 0 spiro atoms. The smallest absolute Gasteiger partial charge is 0.257 e. The van der Waals surface area contributed by atoms with E-state index in [4.69, 9.17) is 0 Å². The van der Waals surface area contributed by atoms with E-state index in [9.17, 15) is 4.79 Å². The molecule has 1 aliphatic heterocycles. The van der Waals surface area contributed by atoms with Crippen molar-refractivity contribution in [1.82, 2.24) is 9.88 Å². The number of likely N-dealkylation sites (tertiary alicyclic amines) is 1. The molecule has 0 bridgehead atoms. The van der Waals surface area contributed by atoms with Crippen LogP contribution in [0.4, 0.5) is 5.13 Å². The van der Waals surface area contributed by atoms with Crippen LogP contribution in [-0.2, 0) is 6.54 Å². The monoisotopic (exact) mass is 379 g/mol. The first-order chi connectivity index (χ1) is 13.1. The topological polar surface area (TPSA) is 45.2 Å². The van der Waals surface area contributed by atoms with E-state index >= 15 is 0 Å². The van der Waals surface area contributed by atoms with Crippen molar-refractivity contribution in [3.8, 4) is 0 Å². The fourth-order valence-electron chi connectivity index (χ4n) is 3.59. The zero-order chi connectivity index (χ0) is 18.8. The van der Waals surface area contributed by atoms with Gasteiger partial charge in [-0.25, -0.2) is 4.98 Å². The Bertz CT molecular complexity index is 957. The van der Waals surface area contributed by atoms with Crippen LogP contribution in [0.25, 0.3) is 10.2 Å². The Hall–Kier alpha value is -2.24. The largest absolute Gasteiger partial charge is 0.299 e. The minimum atomic E-state index is -0.102. The van der Waals surface area contributed by atoms with E-state index in [2.05, 4.69) is 40.3 Å². The molecule has 2 heterocycles. The highest BCUT2D eigenvalue weighted by atomic mass is 32.1. The van der Waals surface area contributed by atoms with Gasteiger partial charge in [-0.05, 0) is 68.1 Å². The molecule has 0 atom stereocenters. The van der Waals surface area contributed by atoms with Crippen molar-refractivity contribution < 1.29 is 4.79 Å². The summed E-state index contributed by atoms with van der Waals surface area (Å²) in [6, 6.07) is 14.1. The standard InChI is InChI=1S/C22H25N3OS/c1-15-9-11-25(12-10-15)14-17-7-8-19-20(13-17)27-22(23-19)24-21(26)18-6-4-3-5-16(18)2/h3-8,13,15H,9-12,14H2,1-2H3,(H,23,24,26). The van der Waals surface area contributed by atoms with Crippen LogP contribution in [-0.4, -0.2) is 28.9 Å². The number of fused-ring (bicyclic) bond motifs is 1. The lowest BCUT2D eigenvalue weighted by Gasteiger charge is -2.30. The quantitative estimate of drug-likeness (QED) is 0.687. The van der Waals surface area contributed by atoms with Crippen LogP contribution in [0.5, 0.6) is 0 Å². The number of hydrogen-bond donors (Lipinski definition) is 1. The average molecular weight is 380 g/mol. The fraction of sp³-hybridized carbons (Fsp3) is 0.364. The van der Waals surface area contributed by atoms with Gasteiger partial charge >= 0.3 is 0 Å². The van der Waals surface area contributed by atoms with Crippen LogP contribution in [0.3, 0.4) is 0 Å². The van der Waals surface area contributed by atoms with Gasteiger partial charge in [-0.15, -0.1) is 0 Å². The molecule has 4 rings (SSSR count). The first-order valence-electron chi connectivity index (χ1n) is 9.57. The molecule has 1 aliphatic rings. The van der Waals surface area contributed by atoms with Gasteiger partial charge in [-0.1, -0.05) is 42.5 Å². The number of aromatic nitrogens is 1. The number of thiazole rings is 1. The van der Waals surface area contributed by atoms with Crippen LogP contribution in [0.15, 0.2) is 42.5 Å². The Morgan fingerprint density at radius 2 is 2.00 bits per heavy atom. The molecule has 27 heavy (non-hydrogen) atoms. The van der Waals surface area contributed by atoms with Crippen LogP contribution >= 0.6 is 11.3 Å². The summed E-state index contributed by atoms with van der Waals surface area (Å²) in [5.41, 5.74) is 3.92. The first kappa shape index (κ1) is 18.1. The molecular formula is C22H25N3OS. The van der Waals surface area contributed by atoms with Crippen molar-refractivity contribution in [3.63, 3.8) is 0 Å². The number of benzene rings is 2. The molecule has 1 amide bonds. The van der Waals surface area contributed by atoms with E-state index in [1.807, 2.05) is 31.2 Å². The summed E-state index contributed by atoms with van der Waals surface area (Å²) in [6.07, 6.45) is 2.58. The number of amides is 1. The maximum Gasteiger partial charge on any atom is 0.257 e. The van der Waals surface area contributed by atoms with Gasteiger partial charge < -0.3 is 0 Å². The molecule has 0 radical (unpaired) electrons. The van der Waals surface area contributed by atoms with Crippen molar-refractivity contribution in [2.75, 3.05) is 18.4 Å². The molecular weight excluding hydrogens is 354 g/mol. The fourth-order valence-corrected chi connectivity index (χ4v) is 4.52. The first-order valence-corrected chi connectivity index (χ1v) is 10.4. The summed E-state index contributed by atoms with van der Waals surface area (Å²) < 4.78 is 1.12. The van der Waals surface area contributed by atoms with Crippen molar-refractivity contribution in [3.05, 3.63) is 59.2 Å². The zero-order valence-electron chi connectivity index (χ0n) is 15.9. The van der Waals surface area contributed by atoms with Gasteiger partial charge in [0.15, 0.2) is 5.13 Å². The lowest BCUT2D eigenvalue weighted by atomic mass is 9.99. The molecule has 0 saturated carbocycles. The number of nitrogens with one attached hydrogen (secondary N) is 1. The van der Waals surface area contributed by atoms with Gasteiger partial charge in [-0.3, -0.25) is 15.0 Å². The lowest BCUT2D eigenvalue weighted by molar-refractivity contribution is 0.102. The molecule has 0 unspecified atom stereocenters. The van der Waals surface area contributed by atoms with Gasteiger partial charge in [0.25, 0.3) is 5.91 Å². The van der Waals surface area contributed by atoms with Crippen molar-refractivity contribution in [2.45, 2.75) is 33.2 Å². The maximum absolute atomic E-state index is 12.5. The minimum Gasteiger partial charge on any atom is -0.299 e. The summed E-state index contributed by atoms with van der Waals surface area (Å²) in [5.74, 6) is 0.750. The van der Waals surface area contributed by atoms with Gasteiger partial charge in [0.2, 0.25) is 0 Å². The Kier molecular flexibility index (Phi) is 5.23. The van der Waals surface area contributed by atoms with Gasteiger partial charge in [0.05, 0.1) is 10.2 Å². The van der Waals surface area contributed by atoms with Crippen LogP contribution in [0.2, 0.25) is 0 Å². The van der Waals surface area contributed by atoms with Gasteiger partial charge in [-0.2, -0.15) is 0 Å². The molecule has 4 nitrogen and oxygen atoms in total. The Labute approximate surface area is 164 Å². The summed E-state index contributed by atoms with van der Waals surface area (Å²) >= 11 is 1.54. The van der Waals surface area contributed by atoms with Crippen LogP contribution in [0.1, 0.15) is 41.3 Å². The molecule has 3 aromatic rings. The number of hydrogen-bond acceptors (Lipinski definition) is 4. The number of aryl methyl sites for hydroxylation is 1. The molecule has 2 aromatic carbocycles. The van der Waals surface area contributed by atoms with E-state index in [-0.39, 0.29) is 5.91 Å². The third-order valence-electron chi connectivity index (χ3n) is 5.35. The summed E-state index contributed by atoms with van der Waals surface area (Å²) in [4.78, 5) is 19.6. The maximum atomic E-state index is 12.5. The van der Waals surface area contributed by atoms with E-state index < -0.39 is 0 Å². The number of rotatable bonds is 4. The van der Waals surface area contributed by atoms with Gasteiger partial charge in [0, 0.05) is 12.1 Å². The van der Waals surface area contributed by atoms with E-state index in [1.165, 1.54) is 31.5 Å². The number of piperidine rings is 1. The highest BCUT2D eigenvalue weighted by Crippen LogP contribution is 2.28. The third-order valence-corrected chi connectivity index (χ3v) is 6.28. The van der Waals surface area contributed by atoms with Crippen molar-refractivity contribution in [2.24, 2.45) is 5.92 Å². The van der Waals surface area contributed by atoms with E-state index in [0.717, 1.165) is 28.2 Å². The number of anilines is 1. The molecule has 1 saturated heterocycles. The highest BCUT2D eigenvalue weighted by molar-refractivity contribution is 7.22. The van der Waals surface area contributed by atoms with Crippen molar-refractivity contribution in [1.29, 1.82) is 0 Å². The Morgan fingerprint density at radius 3 is 2.78 bits per heavy atom. The SMILES string of the molecule is Cc1ccccc1C(=O)Nc1nc2ccc(CN3CCC(C)CC3)cc2s1. The summed E-state index contributed by atoms with van der Waals surface area (Å²) in [6.45, 7) is 7.64. The molecule has 5 heteroatoms. The van der Waals surface area contributed by atoms with Crippen molar-refractivity contribution >= 4 is 32.6 Å². The van der Waals surface area contributed by atoms with Crippen LogP contribution < -0.4 is 5.32 Å². The van der Waals surface area contributed by atoms with E-state index in [0.29, 0.717) is 10.7 Å². The van der Waals surface area contributed by atoms with Crippen LogP contribution in [0, 0.1) is 12.8 Å². The molecule has 140 valence electrons. The summed E-state index contributed by atoms with van der Waals surface area (Å²) in [5, 5.41) is 3.61. The second kappa shape index (κ2) is 7.79. The number of carbonyl (C=O) groups excluding carboxylic acids is 1. The minimum absolute atomic E-state index is 0.102. The molecule has 1 aromatic heterocycles. The molecule has 1 fully saturated rings. The molecule has 0 aliphatic carbocycles. The van der Waals surface area contributed by atoms with Gasteiger partial charge in [0.1, 0.15) is 0 Å². The lowest BCUT2D eigenvalue weighted by Crippen LogP contribution is -2.32. The second-order valence-electron chi connectivity index (χ2n) is 7.55. The van der Waals surface area contributed by atoms with E-state index in [1.54, 1.807) is 11.3 Å². The predicted octanol–water partition coefficient (Wildman–Crippen LogP) is 5.09. The predicted molar refractivity (Wildman–Crippen MR) is 112 cm³/mol. The average Bonchev–Trinajstić information content (AvgIpc) is 3.05. The Balaban J connectivity index is 1.48. The Morgan fingerprint density at radius 1 is 1.22 bits per heavy atom. The third kappa shape index (κ3) is 4.20. The second-order valence-corrected chi connectivity index (χ2v) is 8.58. The summed E-state index contributed by atoms with van der Waals surface area (Å²) in [7, 11) is 0. The normalized spacial score (nSPS) is 15.9. The number of nitrogens with zero attached hydrogens (tertiary/aromatic N) is 2. The number of carbonyl (C=O) groups is 1. The zero-order valence-corrected chi connectivity index (χ0v) is 16.7. The molecule has 1 N–H and O–H groups in total.